The molecule has 0 aromatic heterocycles. The molecule has 158 valence electrons. The fourth-order valence-electron chi connectivity index (χ4n) is 3.29. The number of sulfonamides is 1. The molecule has 8 heteroatoms. The highest BCUT2D eigenvalue weighted by Crippen LogP contribution is 2.17. The maximum Gasteiger partial charge on any atom is 0.241 e. The summed E-state index contributed by atoms with van der Waals surface area (Å²) in [4.78, 5) is 7.00. The number of guanidine groups is 1. The molecule has 1 aromatic carbocycles. The third kappa shape index (κ3) is 7.41. The van der Waals surface area contributed by atoms with Crippen LogP contribution in [0.5, 0.6) is 0 Å². The third-order valence-electron chi connectivity index (χ3n) is 4.54. The molecule has 7 nitrogen and oxygen atoms in total. The molecule has 0 saturated carbocycles. The van der Waals surface area contributed by atoms with Gasteiger partial charge in [-0.1, -0.05) is 24.6 Å². The van der Waals surface area contributed by atoms with Gasteiger partial charge in [-0.15, -0.1) is 0 Å². The summed E-state index contributed by atoms with van der Waals surface area (Å²) in [6.45, 7) is 10.0. The lowest BCUT2D eigenvalue weighted by Gasteiger charge is -2.26. The number of piperidine rings is 1. The van der Waals surface area contributed by atoms with Crippen LogP contribution in [-0.4, -0.2) is 58.0 Å². The molecule has 0 unspecified atom stereocenters. The van der Waals surface area contributed by atoms with E-state index in [4.69, 9.17) is 0 Å². The van der Waals surface area contributed by atoms with Crippen molar-refractivity contribution in [1.82, 2.24) is 20.3 Å². The van der Waals surface area contributed by atoms with Crippen molar-refractivity contribution in [3.8, 4) is 0 Å². The quantitative estimate of drug-likeness (QED) is 0.473. The second-order valence-corrected chi connectivity index (χ2v) is 9.87. The van der Waals surface area contributed by atoms with Crippen molar-refractivity contribution in [2.24, 2.45) is 4.99 Å². The van der Waals surface area contributed by atoms with E-state index in [1.165, 1.54) is 32.4 Å². The number of hydrogen-bond acceptors (Lipinski definition) is 4. The molecule has 1 fully saturated rings. The lowest BCUT2D eigenvalue weighted by atomic mass is 10.1. The van der Waals surface area contributed by atoms with Gasteiger partial charge in [0, 0.05) is 32.2 Å². The van der Waals surface area contributed by atoms with Crippen LogP contribution in [0.2, 0.25) is 0 Å². The van der Waals surface area contributed by atoms with Crippen molar-refractivity contribution in [2.75, 3.05) is 33.2 Å². The van der Waals surface area contributed by atoms with Crippen molar-refractivity contribution < 1.29 is 8.42 Å². The largest absolute Gasteiger partial charge is 0.355 e. The molecule has 3 N–H and O–H groups in total. The minimum absolute atomic E-state index is 0.293. The maximum atomic E-state index is 12.7. The molecular weight excluding hydrogens is 374 g/mol. The van der Waals surface area contributed by atoms with Crippen molar-refractivity contribution in [1.29, 1.82) is 0 Å². The van der Waals surface area contributed by atoms with Gasteiger partial charge >= 0.3 is 0 Å². The number of nitrogens with one attached hydrogen (secondary N) is 3. The zero-order chi connectivity index (χ0) is 20.6. The normalized spacial score (nSPS) is 16.8. The molecule has 0 amide bonds. The van der Waals surface area contributed by atoms with Crippen LogP contribution in [0.25, 0.3) is 0 Å². The molecule has 0 aliphatic carbocycles. The van der Waals surface area contributed by atoms with Crippen molar-refractivity contribution in [2.45, 2.75) is 57.0 Å². The Morgan fingerprint density at radius 1 is 1.11 bits per heavy atom. The molecule has 0 atom stereocenters. The SMILES string of the molecule is CN=C(NCCN1CCCCC1)NCc1ccccc1S(=O)(=O)NC(C)(C)C. The molecule has 0 bridgehead atoms. The summed E-state index contributed by atoms with van der Waals surface area (Å²) in [5, 5.41) is 6.54. The van der Waals surface area contributed by atoms with Gasteiger partial charge in [-0.2, -0.15) is 0 Å². The highest BCUT2D eigenvalue weighted by Gasteiger charge is 2.24. The Labute approximate surface area is 170 Å². The summed E-state index contributed by atoms with van der Waals surface area (Å²) in [5.74, 6) is 0.674. The monoisotopic (exact) mass is 409 g/mol. The van der Waals surface area contributed by atoms with Gasteiger partial charge in [-0.25, -0.2) is 13.1 Å². The predicted molar refractivity (Wildman–Crippen MR) is 115 cm³/mol. The summed E-state index contributed by atoms with van der Waals surface area (Å²) < 4.78 is 28.2. The van der Waals surface area contributed by atoms with Crippen molar-refractivity contribution in [3.05, 3.63) is 29.8 Å². The molecular formula is C20H35N5O2S. The number of aliphatic imine (C=N–C) groups is 1. The Balaban J connectivity index is 1.93. The fraction of sp³-hybridized carbons (Fsp3) is 0.650. The van der Waals surface area contributed by atoms with Crippen LogP contribution in [0.15, 0.2) is 34.2 Å². The minimum Gasteiger partial charge on any atom is -0.355 e. The molecule has 28 heavy (non-hydrogen) atoms. The lowest BCUT2D eigenvalue weighted by Crippen LogP contribution is -2.43. The zero-order valence-electron chi connectivity index (χ0n) is 17.6. The standard InChI is InChI=1S/C20H35N5O2S/c1-20(2,3)24-28(26,27)18-11-7-6-10-17(18)16-23-19(21-4)22-12-15-25-13-8-5-9-14-25/h6-7,10-11,24H,5,8-9,12-16H2,1-4H3,(H2,21,22,23). The smallest absolute Gasteiger partial charge is 0.241 e. The number of likely N-dealkylation sites (tertiary alicyclic amines) is 1. The second kappa shape index (κ2) is 10.2. The Hall–Kier alpha value is -1.64. The van der Waals surface area contributed by atoms with Crippen LogP contribution in [-0.2, 0) is 16.6 Å². The Morgan fingerprint density at radius 2 is 1.79 bits per heavy atom. The summed E-state index contributed by atoms with van der Waals surface area (Å²) >= 11 is 0. The van der Waals surface area contributed by atoms with E-state index in [1.54, 1.807) is 19.2 Å². The summed E-state index contributed by atoms with van der Waals surface area (Å²) in [7, 11) is -1.87. The van der Waals surface area contributed by atoms with Crippen LogP contribution < -0.4 is 15.4 Å². The first kappa shape index (κ1) is 22.6. The van der Waals surface area contributed by atoms with Crippen LogP contribution >= 0.6 is 0 Å². The van der Waals surface area contributed by atoms with Crippen molar-refractivity contribution >= 4 is 16.0 Å². The van der Waals surface area contributed by atoms with Crippen LogP contribution in [0.1, 0.15) is 45.6 Å². The van der Waals surface area contributed by atoms with E-state index in [0.717, 1.165) is 13.1 Å². The van der Waals surface area contributed by atoms with Gasteiger partial charge in [0.2, 0.25) is 10.0 Å². The van der Waals surface area contributed by atoms with Crippen LogP contribution in [0.3, 0.4) is 0 Å². The number of benzene rings is 1. The number of hydrogen-bond donors (Lipinski definition) is 3. The summed E-state index contributed by atoms with van der Waals surface area (Å²) in [6.07, 6.45) is 3.89. The van der Waals surface area contributed by atoms with E-state index in [-0.39, 0.29) is 0 Å². The van der Waals surface area contributed by atoms with E-state index < -0.39 is 15.6 Å². The Morgan fingerprint density at radius 3 is 2.43 bits per heavy atom. The average Bonchev–Trinajstić information content (AvgIpc) is 2.63. The van der Waals surface area contributed by atoms with Gasteiger partial charge in [0.05, 0.1) is 4.90 Å². The second-order valence-electron chi connectivity index (χ2n) is 8.22. The number of rotatable bonds is 7. The van der Waals surface area contributed by atoms with Crippen LogP contribution in [0, 0.1) is 0 Å². The maximum absolute atomic E-state index is 12.7. The van der Waals surface area contributed by atoms with E-state index in [2.05, 4.69) is 25.2 Å². The molecule has 1 saturated heterocycles. The van der Waals surface area contributed by atoms with Crippen LogP contribution in [0.4, 0.5) is 0 Å². The highest BCUT2D eigenvalue weighted by atomic mass is 32.2. The summed E-state index contributed by atoms with van der Waals surface area (Å²) in [6, 6.07) is 7.05. The predicted octanol–water partition coefficient (Wildman–Crippen LogP) is 1.91. The first-order chi connectivity index (χ1) is 13.2. The molecule has 1 aliphatic heterocycles. The van der Waals surface area contributed by atoms with Gasteiger partial charge in [0.25, 0.3) is 0 Å². The molecule has 0 radical (unpaired) electrons. The van der Waals surface area contributed by atoms with Gasteiger partial charge in [-0.3, -0.25) is 4.99 Å². The van der Waals surface area contributed by atoms with Gasteiger partial charge in [-0.05, 0) is 58.3 Å². The topological polar surface area (TPSA) is 85.8 Å². The molecule has 2 rings (SSSR count). The lowest BCUT2D eigenvalue weighted by molar-refractivity contribution is 0.232. The molecule has 1 aromatic rings. The molecule has 0 spiro atoms. The van der Waals surface area contributed by atoms with Crippen molar-refractivity contribution in [3.63, 3.8) is 0 Å². The van der Waals surface area contributed by atoms with Gasteiger partial charge in [0.15, 0.2) is 5.96 Å². The fourth-order valence-corrected chi connectivity index (χ4v) is 4.94. The van der Waals surface area contributed by atoms with Gasteiger partial charge in [0.1, 0.15) is 0 Å². The summed E-state index contributed by atoms with van der Waals surface area (Å²) in [5.41, 5.74) is 0.170. The highest BCUT2D eigenvalue weighted by molar-refractivity contribution is 7.89. The van der Waals surface area contributed by atoms with E-state index in [1.807, 2.05) is 32.9 Å². The molecule has 1 aliphatic rings. The Kier molecular flexibility index (Phi) is 8.27. The average molecular weight is 410 g/mol. The zero-order valence-corrected chi connectivity index (χ0v) is 18.4. The number of nitrogens with zero attached hydrogens (tertiary/aromatic N) is 2. The van der Waals surface area contributed by atoms with E-state index in [0.29, 0.717) is 23.0 Å². The van der Waals surface area contributed by atoms with E-state index in [9.17, 15) is 8.42 Å². The van der Waals surface area contributed by atoms with E-state index >= 15 is 0 Å². The molecule has 1 heterocycles. The first-order valence-corrected chi connectivity index (χ1v) is 11.5. The first-order valence-electron chi connectivity index (χ1n) is 10.00. The minimum atomic E-state index is -3.59. The third-order valence-corrected chi connectivity index (χ3v) is 6.40. The Bertz CT molecular complexity index is 750. The van der Waals surface area contributed by atoms with Gasteiger partial charge < -0.3 is 15.5 Å².